The Hall–Kier alpha value is -1.38. The molecule has 1 aromatic rings. The quantitative estimate of drug-likeness (QED) is 0.735. The van der Waals surface area contributed by atoms with Gasteiger partial charge in [-0.3, -0.25) is 4.90 Å². The van der Waals surface area contributed by atoms with Crippen molar-refractivity contribution in [1.29, 1.82) is 0 Å². The van der Waals surface area contributed by atoms with E-state index < -0.39 is 36.0 Å². The number of rotatable bonds is 6. The minimum atomic E-state index is -4.82. The highest BCUT2D eigenvalue weighted by Gasteiger charge is 2.56. The van der Waals surface area contributed by atoms with E-state index in [4.69, 9.17) is 4.74 Å². The first-order chi connectivity index (χ1) is 12.9. The molecule has 0 aromatic heterocycles. The van der Waals surface area contributed by atoms with E-state index in [1.54, 1.807) is 18.7 Å². The minimum absolute atomic E-state index is 0.298. The van der Waals surface area contributed by atoms with Crippen LogP contribution in [-0.2, 0) is 5.41 Å². The molecule has 0 spiro atoms. The van der Waals surface area contributed by atoms with Crippen LogP contribution in [-0.4, -0.2) is 73.6 Å². The molecule has 0 saturated carbocycles. The molecule has 0 bridgehead atoms. The molecule has 0 aliphatic carbocycles. The Kier molecular flexibility index (Phi) is 6.99. The molecule has 0 amide bonds. The lowest BCUT2D eigenvalue weighted by Gasteiger charge is -2.41. The number of hydrogen-bond acceptors (Lipinski definition) is 4. The summed E-state index contributed by atoms with van der Waals surface area (Å²) < 4.78 is 60.9. The van der Waals surface area contributed by atoms with Crippen molar-refractivity contribution in [3.63, 3.8) is 0 Å². The van der Waals surface area contributed by atoms with Crippen LogP contribution in [0.3, 0.4) is 0 Å². The van der Waals surface area contributed by atoms with E-state index in [1.807, 2.05) is 7.05 Å². The predicted octanol–water partition coefficient (Wildman–Crippen LogP) is 3.43. The summed E-state index contributed by atoms with van der Waals surface area (Å²) in [7, 11) is 3.31. The van der Waals surface area contributed by atoms with Crippen LogP contribution >= 0.6 is 0 Å². The molecule has 1 atom stereocenters. The maximum Gasteiger partial charge on any atom is 0.418 e. The Morgan fingerprint density at radius 3 is 2.39 bits per heavy atom. The van der Waals surface area contributed by atoms with Crippen LogP contribution in [0.2, 0.25) is 0 Å². The highest BCUT2D eigenvalue weighted by atomic mass is 19.4. The number of hydrogen-bond donors (Lipinski definition) is 1. The summed E-state index contributed by atoms with van der Waals surface area (Å²) in [6.45, 7) is 5.03. The van der Waals surface area contributed by atoms with Crippen LogP contribution < -0.4 is 4.74 Å². The maximum atomic E-state index is 14.0. The average Bonchev–Trinajstić information content (AvgIpc) is 2.77. The first kappa shape index (κ1) is 22.9. The third-order valence-electron chi connectivity index (χ3n) is 5.45. The van der Waals surface area contributed by atoms with Gasteiger partial charge in [0.05, 0.1) is 7.11 Å². The summed E-state index contributed by atoms with van der Waals surface area (Å²) in [5, 5.41) is 10.8. The molecule has 1 saturated heterocycles. The van der Waals surface area contributed by atoms with Gasteiger partial charge in [0.15, 0.2) is 5.60 Å². The monoisotopic (exact) mass is 406 g/mol. The van der Waals surface area contributed by atoms with Crippen molar-refractivity contribution in [3.8, 4) is 5.75 Å². The number of ether oxygens (including phenoxy) is 1. The van der Waals surface area contributed by atoms with Crippen molar-refractivity contribution in [2.45, 2.75) is 43.9 Å². The first-order valence-corrected chi connectivity index (χ1v) is 9.42. The minimum Gasteiger partial charge on any atom is -0.496 e. The van der Waals surface area contributed by atoms with Gasteiger partial charge < -0.3 is 14.7 Å². The number of halogens is 4. The first-order valence-electron chi connectivity index (χ1n) is 9.42. The zero-order valence-corrected chi connectivity index (χ0v) is 16.9. The van der Waals surface area contributed by atoms with Crippen molar-refractivity contribution >= 4 is 0 Å². The summed E-state index contributed by atoms with van der Waals surface area (Å²) in [6.07, 6.45) is -4.68. The lowest BCUT2D eigenvalue weighted by molar-refractivity contribution is -0.271. The highest BCUT2D eigenvalue weighted by Crippen LogP contribution is 2.44. The van der Waals surface area contributed by atoms with Gasteiger partial charge >= 0.3 is 6.18 Å². The lowest BCUT2D eigenvalue weighted by Crippen LogP contribution is -2.56. The Morgan fingerprint density at radius 1 is 1.11 bits per heavy atom. The van der Waals surface area contributed by atoms with E-state index in [0.29, 0.717) is 30.9 Å². The normalized spacial score (nSPS) is 19.9. The molecule has 1 N–H and O–H groups in total. The van der Waals surface area contributed by atoms with Crippen molar-refractivity contribution in [1.82, 2.24) is 9.80 Å². The molecule has 1 fully saturated rings. The van der Waals surface area contributed by atoms with E-state index in [0.717, 1.165) is 13.0 Å². The largest absolute Gasteiger partial charge is 0.496 e. The fourth-order valence-electron chi connectivity index (χ4n) is 3.91. The van der Waals surface area contributed by atoms with E-state index in [2.05, 4.69) is 4.90 Å². The molecule has 160 valence electrons. The van der Waals surface area contributed by atoms with Gasteiger partial charge in [-0.25, -0.2) is 4.39 Å². The molecule has 1 unspecified atom stereocenters. The third-order valence-corrected chi connectivity index (χ3v) is 5.45. The zero-order valence-electron chi connectivity index (χ0n) is 16.9. The van der Waals surface area contributed by atoms with Crippen LogP contribution in [0.5, 0.6) is 5.75 Å². The summed E-state index contributed by atoms with van der Waals surface area (Å²) >= 11 is 0. The third kappa shape index (κ3) is 5.36. The van der Waals surface area contributed by atoms with Crippen LogP contribution in [0.4, 0.5) is 17.6 Å². The molecular formula is C20H30F4N2O2. The molecule has 1 aliphatic heterocycles. The molecule has 8 heteroatoms. The Balaban J connectivity index is 2.31. The van der Waals surface area contributed by atoms with Crippen molar-refractivity contribution in [2.24, 2.45) is 0 Å². The SMILES string of the molecule is COc1ccc(F)cc1C(C)(C)CC(O)(CN1CCCN(C)CC1)C(F)(F)F. The van der Waals surface area contributed by atoms with E-state index in [9.17, 15) is 22.7 Å². The van der Waals surface area contributed by atoms with Gasteiger partial charge in [0, 0.05) is 25.2 Å². The topological polar surface area (TPSA) is 35.9 Å². The second kappa shape index (κ2) is 8.55. The molecular weight excluding hydrogens is 376 g/mol. The number of methoxy groups -OCH3 is 1. The highest BCUT2D eigenvalue weighted by molar-refractivity contribution is 5.39. The van der Waals surface area contributed by atoms with Gasteiger partial charge in [-0.15, -0.1) is 0 Å². The van der Waals surface area contributed by atoms with Crippen molar-refractivity contribution in [3.05, 3.63) is 29.6 Å². The van der Waals surface area contributed by atoms with Gasteiger partial charge in [-0.1, -0.05) is 13.8 Å². The predicted molar refractivity (Wildman–Crippen MR) is 100 cm³/mol. The molecule has 28 heavy (non-hydrogen) atoms. The Bertz CT molecular complexity index is 666. The molecule has 1 heterocycles. The molecule has 2 rings (SSSR count). The number of alkyl halides is 3. The molecule has 1 aliphatic rings. The van der Waals surface area contributed by atoms with Crippen LogP contribution in [0.25, 0.3) is 0 Å². The standard InChI is InChI=1S/C20H30F4N2O2/c1-18(2,16-12-15(21)6-7-17(16)28-4)13-19(27,20(22,23)24)14-26-9-5-8-25(3)10-11-26/h6-7,12,27H,5,8-11,13-14H2,1-4H3. The van der Waals surface area contributed by atoms with E-state index >= 15 is 0 Å². The maximum absolute atomic E-state index is 14.0. The van der Waals surface area contributed by atoms with Gasteiger partial charge in [-0.05, 0) is 56.6 Å². The van der Waals surface area contributed by atoms with Gasteiger partial charge in [0.2, 0.25) is 0 Å². The molecule has 1 aromatic carbocycles. The van der Waals surface area contributed by atoms with E-state index in [-0.39, 0.29) is 0 Å². The van der Waals surface area contributed by atoms with Crippen LogP contribution in [0.15, 0.2) is 18.2 Å². The average molecular weight is 406 g/mol. The molecule has 0 radical (unpaired) electrons. The number of benzene rings is 1. The Labute approximate surface area is 164 Å². The number of nitrogens with zero attached hydrogens (tertiary/aromatic N) is 2. The van der Waals surface area contributed by atoms with Crippen molar-refractivity contribution in [2.75, 3.05) is 46.9 Å². The van der Waals surface area contributed by atoms with Crippen LogP contribution in [0, 0.1) is 5.82 Å². The summed E-state index contributed by atoms with van der Waals surface area (Å²) in [5.41, 5.74) is -3.79. The molecule has 4 nitrogen and oxygen atoms in total. The van der Waals surface area contributed by atoms with Gasteiger partial charge in [-0.2, -0.15) is 13.2 Å². The van der Waals surface area contributed by atoms with Crippen LogP contribution in [0.1, 0.15) is 32.3 Å². The summed E-state index contributed by atoms with van der Waals surface area (Å²) in [6, 6.07) is 3.77. The Morgan fingerprint density at radius 2 is 1.79 bits per heavy atom. The second-order valence-electron chi connectivity index (χ2n) is 8.37. The van der Waals surface area contributed by atoms with Gasteiger partial charge in [0.1, 0.15) is 11.6 Å². The number of aliphatic hydroxyl groups is 1. The number of β-amino-alcohol motifs (C(OH)–C–C–N with tert-alkyl or cyclic N) is 1. The summed E-state index contributed by atoms with van der Waals surface area (Å²) in [5.74, 6) is -0.262. The summed E-state index contributed by atoms with van der Waals surface area (Å²) in [4.78, 5) is 3.73. The lowest BCUT2D eigenvalue weighted by atomic mass is 9.74. The number of likely N-dealkylation sites (N-methyl/N-ethyl adjacent to an activating group) is 1. The fourth-order valence-corrected chi connectivity index (χ4v) is 3.91. The van der Waals surface area contributed by atoms with Gasteiger partial charge in [0.25, 0.3) is 0 Å². The fraction of sp³-hybridized carbons (Fsp3) is 0.700. The smallest absolute Gasteiger partial charge is 0.418 e. The second-order valence-corrected chi connectivity index (χ2v) is 8.37. The zero-order chi connectivity index (χ0) is 21.2. The van der Waals surface area contributed by atoms with E-state index in [1.165, 1.54) is 25.3 Å². The van der Waals surface area contributed by atoms with Crippen molar-refractivity contribution < 1.29 is 27.4 Å².